The van der Waals surface area contributed by atoms with Crippen molar-refractivity contribution in [3.8, 4) is 17.1 Å². The Bertz CT molecular complexity index is 1180. The van der Waals surface area contributed by atoms with Crippen LogP contribution in [0, 0.1) is 0 Å². The van der Waals surface area contributed by atoms with E-state index in [-0.39, 0.29) is 12.2 Å². The van der Waals surface area contributed by atoms with Crippen LogP contribution in [0.25, 0.3) is 22.2 Å². The van der Waals surface area contributed by atoms with Crippen LogP contribution in [0.4, 0.5) is 0 Å². The number of aliphatic hydroxyl groups is 1. The maximum atomic E-state index is 10.5. The van der Waals surface area contributed by atoms with Gasteiger partial charge >= 0.3 is 0 Å². The minimum atomic E-state index is -0.469. The van der Waals surface area contributed by atoms with Gasteiger partial charge in [0.15, 0.2) is 5.76 Å². The molecule has 0 bridgehead atoms. The number of aromatic amines is 1. The minimum absolute atomic E-state index is 0.00195. The lowest BCUT2D eigenvalue weighted by atomic mass is 9.98. The first-order valence-corrected chi connectivity index (χ1v) is 11.4. The van der Waals surface area contributed by atoms with Crippen LogP contribution in [0.3, 0.4) is 0 Å². The van der Waals surface area contributed by atoms with E-state index >= 15 is 0 Å². The normalized spacial score (nSPS) is 20.8. The fourth-order valence-corrected chi connectivity index (χ4v) is 4.44. The van der Waals surface area contributed by atoms with Crippen molar-refractivity contribution in [2.24, 2.45) is 0 Å². The number of benzene rings is 2. The quantitative estimate of drug-likeness (QED) is 0.377. The molecule has 5 rings (SSSR count). The summed E-state index contributed by atoms with van der Waals surface area (Å²) in [4.78, 5) is 3.30. The molecule has 3 heterocycles. The molecule has 0 saturated carbocycles. The Morgan fingerprint density at radius 3 is 2.85 bits per heavy atom. The van der Waals surface area contributed by atoms with Gasteiger partial charge in [-0.2, -0.15) is 0 Å². The fourth-order valence-electron chi connectivity index (χ4n) is 4.44. The predicted octanol–water partition coefficient (Wildman–Crippen LogP) is 4.07. The van der Waals surface area contributed by atoms with E-state index in [0.29, 0.717) is 19.4 Å². The monoisotopic (exact) mass is 447 g/mol. The zero-order valence-corrected chi connectivity index (χ0v) is 18.7. The van der Waals surface area contributed by atoms with Crippen molar-refractivity contribution in [1.29, 1.82) is 0 Å². The van der Waals surface area contributed by atoms with E-state index in [1.165, 1.54) is 10.9 Å². The SMILES string of the molecule is COc1ccc(-c2cc(C[C@@H]3CC[C@H](O)[C@@H](CNCc4c[nH]c5ccccc45)O3)no2)cc1. The van der Waals surface area contributed by atoms with E-state index in [1.807, 2.05) is 48.7 Å². The molecule has 4 aromatic rings. The molecule has 1 fully saturated rings. The highest BCUT2D eigenvalue weighted by Crippen LogP contribution is 2.26. The molecule has 0 aliphatic carbocycles. The molecular formula is C26H29N3O4. The molecule has 2 aromatic carbocycles. The van der Waals surface area contributed by atoms with Gasteiger partial charge in [-0.3, -0.25) is 0 Å². The van der Waals surface area contributed by atoms with Crippen molar-refractivity contribution in [3.63, 3.8) is 0 Å². The molecule has 0 amide bonds. The van der Waals surface area contributed by atoms with Crippen molar-refractivity contribution in [3.05, 3.63) is 72.1 Å². The van der Waals surface area contributed by atoms with Crippen LogP contribution in [0.1, 0.15) is 24.1 Å². The van der Waals surface area contributed by atoms with Crippen LogP contribution in [0.15, 0.2) is 65.3 Å². The highest BCUT2D eigenvalue weighted by molar-refractivity contribution is 5.82. The molecular weight excluding hydrogens is 418 g/mol. The summed E-state index contributed by atoms with van der Waals surface area (Å²) in [5, 5.41) is 19.4. The number of hydrogen-bond donors (Lipinski definition) is 3. The third-order valence-electron chi connectivity index (χ3n) is 6.29. The number of ether oxygens (including phenoxy) is 2. The number of nitrogens with zero attached hydrogens (tertiary/aromatic N) is 1. The third kappa shape index (κ3) is 4.95. The Hall–Kier alpha value is -3.13. The van der Waals surface area contributed by atoms with E-state index in [9.17, 15) is 5.11 Å². The zero-order chi connectivity index (χ0) is 22.6. The molecule has 2 aromatic heterocycles. The van der Waals surface area contributed by atoms with Crippen LogP contribution in [-0.2, 0) is 17.7 Å². The second-order valence-corrected chi connectivity index (χ2v) is 8.55. The lowest BCUT2D eigenvalue weighted by Crippen LogP contribution is -2.45. The zero-order valence-electron chi connectivity index (χ0n) is 18.7. The molecule has 3 N–H and O–H groups in total. The van der Waals surface area contributed by atoms with Crippen molar-refractivity contribution < 1.29 is 19.1 Å². The van der Waals surface area contributed by atoms with E-state index in [0.717, 1.165) is 41.2 Å². The third-order valence-corrected chi connectivity index (χ3v) is 6.29. The van der Waals surface area contributed by atoms with E-state index < -0.39 is 6.10 Å². The van der Waals surface area contributed by atoms with E-state index in [1.54, 1.807) is 7.11 Å². The maximum absolute atomic E-state index is 10.5. The summed E-state index contributed by atoms with van der Waals surface area (Å²) in [5.74, 6) is 1.53. The summed E-state index contributed by atoms with van der Waals surface area (Å²) >= 11 is 0. The van der Waals surface area contributed by atoms with Gasteiger partial charge in [-0.05, 0) is 48.7 Å². The Morgan fingerprint density at radius 2 is 2.00 bits per heavy atom. The minimum Gasteiger partial charge on any atom is -0.497 e. The number of rotatable bonds is 8. The average Bonchev–Trinajstić information content (AvgIpc) is 3.48. The maximum Gasteiger partial charge on any atom is 0.167 e. The Morgan fingerprint density at radius 1 is 1.15 bits per heavy atom. The number of fused-ring (bicyclic) bond motifs is 1. The number of hydrogen-bond acceptors (Lipinski definition) is 6. The summed E-state index contributed by atoms with van der Waals surface area (Å²) in [6.07, 6.45) is 3.49. The number of nitrogens with one attached hydrogen (secondary N) is 2. The molecule has 1 aliphatic rings. The summed E-state index contributed by atoms with van der Waals surface area (Å²) in [5.41, 5.74) is 4.15. The second kappa shape index (κ2) is 9.79. The molecule has 1 saturated heterocycles. The van der Waals surface area contributed by atoms with Crippen LogP contribution in [0.2, 0.25) is 0 Å². The summed E-state index contributed by atoms with van der Waals surface area (Å²) in [6, 6.07) is 17.9. The molecule has 0 spiro atoms. The van der Waals surface area contributed by atoms with Crippen molar-refractivity contribution >= 4 is 10.9 Å². The summed E-state index contributed by atoms with van der Waals surface area (Å²) < 4.78 is 17.0. The van der Waals surface area contributed by atoms with Gasteiger partial charge in [-0.25, -0.2) is 0 Å². The van der Waals surface area contributed by atoms with Crippen LogP contribution >= 0.6 is 0 Å². The second-order valence-electron chi connectivity index (χ2n) is 8.55. The molecule has 7 heteroatoms. The van der Waals surface area contributed by atoms with Gasteiger partial charge in [-0.1, -0.05) is 23.4 Å². The number of methoxy groups -OCH3 is 1. The van der Waals surface area contributed by atoms with Crippen molar-refractivity contribution in [2.45, 2.75) is 44.1 Å². The molecule has 172 valence electrons. The smallest absolute Gasteiger partial charge is 0.167 e. The van der Waals surface area contributed by atoms with E-state index in [4.69, 9.17) is 14.0 Å². The molecule has 0 unspecified atom stereocenters. The van der Waals surface area contributed by atoms with Gasteiger partial charge in [0.25, 0.3) is 0 Å². The van der Waals surface area contributed by atoms with Gasteiger partial charge in [-0.15, -0.1) is 0 Å². The predicted molar refractivity (Wildman–Crippen MR) is 126 cm³/mol. The van der Waals surface area contributed by atoms with E-state index in [2.05, 4.69) is 27.6 Å². The van der Waals surface area contributed by atoms with Crippen molar-refractivity contribution in [2.75, 3.05) is 13.7 Å². The molecule has 7 nitrogen and oxygen atoms in total. The lowest BCUT2D eigenvalue weighted by Gasteiger charge is -2.34. The average molecular weight is 448 g/mol. The number of aliphatic hydroxyl groups excluding tert-OH is 1. The van der Waals surface area contributed by atoms with Crippen LogP contribution < -0.4 is 10.1 Å². The Kier molecular flexibility index (Phi) is 6.44. The molecule has 1 aliphatic heterocycles. The highest BCUT2D eigenvalue weighted by Gasteiger charge is 2.30. The van der Waals surface area contributed by atoms with Gasteiger partial charge in [0.2, 0.25) is 0 Å². The fraction of sp³-hybridized carbons (Fsp3) is 0.346. The largest absolute Gasteiger partial charge is 0.497 e. The standard InChI is InChI=1S/C26H29N3O4/c1-31-20-8-6-17(7-9-20)25-13-19(29-33-25)12-21-10-11-24(30)26(32-21)16-27-14-18-15-28-23-5-3-2-4-22(18)23/h2-9,13,15,21,24,26-28,30H,10-12,14,16H2,1H3/t21-,24-,26+/m0/s1. The lowest BCUT2D eigenvalue weighted by molar-refractivity contribution is -0.115. The van der Waals surface area contributed by atoms with Crippen LogP contribution in [0.5, 0.6) is 5.75 Å². The highest BCUT2D eigenvalue weighted by atomic mass is 16.5. The van der Waals surface area contributed by atoms with Gasteiger partial charge in [0.05, 0.1) is 31.1 Å². The first kappa shape index (κ1) is 21.7. The van der Waals surface area contributed by atoms with Crippen molar-refractivity contribution in [1.82, 2.24) is 15.5 Å². The Balaban J connectivity index is 1.16. The van der Waals surface area contributed by atoms with Gasteiger partial charge in [0.1, 0.15) is 5.75 Å². The Labute approximate surface area is 192 Å². The summed E-state index contributed by atoms with van der Waals surface area (Å²) in [6.45, 7) is 1.31. The van der Waals surface area contributed by atoms with Crippen LogP contribution in [-0.4, -0.2) is 47.2 Å². The topological polar surface area (TPSA) is 92.5 Å². The number of aromatic nitrogens is 2. The first-order chi connectivity index (χ1) is 16.2. The van der Waals surface area contributed by atoms with Gasteiger partial charge < -0.3 is 29.4 Å². The molecule has 0 radical (unpaired) electrons. The summed E-state index contributed by atoms with van der Waals surface area (Å²) in [7, 11) is 1.65. The number of para-hydroxylation sites is 1. The molecule has 3 atom stereocenters. The first-order valence-electron chi connectivity index (χ1n) is 11.4. The van der Waals surface area contributed by atoms with Gasteiger partial charge in [0, 0.05) is 48.2 Å². The number of H-pyrrole nitrogens is 1. The molecule has 33 heavy (non-hydrogen) atoms.